The molecule has 1 N–H and O–H groups in total. The fraction of sp³-hybridized carbons (Fsp3) is 0.353. The molecule has 10 heteroatoms. The summed E-state index contributed by atoms with van der Waals surface area (Å²) in [5, 5.41) is 5.77. The standard InChI is InChI=1S/C17H15ClF3N5O/c1-25-11-5-3-2-4-10(11)22-16(25)23-12(27)8-26-14(9-6-7-9)13(18)15(24-26)17(19,20)21/h2-5,9H,6-8H2,1H3,(H,22,23,27). The second-order valence-corrected chi connectivity index (χ2v) is 6.89. The molecule has 1 aromatic carbocycles. The zero-order valence-corrected chi connectivity index (χ0v) is 15.0. The minimum absolute atomic E-state index is 0.0929. The Labute approximate surface area is 156 Å². The van der Waals surface area contributed by atoms with Crippen LogP contribution >= 0.6 is 11.6 Å². The maximum absolute atomic E-state index is 13.1. The van der Waals surface area contributed by atoms with Crippen LogP contribution < -0.4 is 5.32 Å². The van der Waals surface area contributed by atoms with E-state index in [0.29, 0.717) is 11.5 Å². The number of amides is 1. The number of benzene rings is 1. The molecule has 0 spiro atoms. The van der Waals surface area contributed by atoms with Gasteiger partial charge in [-0.05, 0) is 25.0 Å². The molecule has 0 radical (unpaired) electrons. The highest BCUT2D eigenvalue weighted by atomic mass is 35.5. The first-order chi connectivity index (χ1) is 12.8. The molecule has 1 saturated carbocycles. The van der Waals surface area contributed by atoms with Gasteiger partial charge in [0.05, 0.1) is 21.7 Å². The Morgan fingerprint density at radius 3 is 2.67 bits per heavy atom. The van der Waals surface area contributed by atoms with Crippen molar-refractivity contribution in [3.63, 3.8) is 0 Å². The molecule has 4 rings (SSSR count). The molecule has 0 aliphatic heterocycles. The van der Waals surface area contributed by atoms with E-state index in [2.05, 4.69) is 15.4 Å². The van der Waals surface area contributed by atoms with E-state index >= 15 is 0 Å². The van der Waals surface area contributed by atoms with Crippen molar-refractivity contribution >= 4 is 34.5 Å². The number of aryl methyl sites for hydroxylation is 1. The van der Waals surface area contributed by atoms with Gasteiger partial charge < -0.3 is 4.57 Å². The molecule has 1 fully saturated rings. The molecule has 0 saturated heterocycles. The van der Waals surface area contributed by atoms with Crippen molar-refractivity contribution in [3.05, 3.63) is 40.7 Å². The summed E-state index contributed by atoms with van der Waals surface area (Å²) < 4.78 is 42.1. The Hall–Kier alpha value is -2.55. The average Bonchev–Trinajstić information content (AvgIpc) is 3.30. The average molecular weight is 398 g/mol. The summed E-state index contributed by atoms with van der Waals surface area (Å²) in [5.41, 5.74) is 0.647. The van der Waals surface area contributed by atoms with Crippen LogP contribution in [-0.4, -0.2) is 25.2 Å². The van der Waals surface area contributed by atoms with Crippen LogP contribution in [-0.2, 0) is 24.6 Å². The maximum Gasteiger partial charge on any atom is 0.436 e. The van der Waals surface area contributed by atoms with Gasteiger partial charge in [0.15, 0.2) is 5.69 Å². The summed E-state index contributed by atoms with van der Waals surface area (Å²) in [4.78, 5) is 16.7. The largest absolute Gasteiger partial charge is 0.436 e. The van der Waals surface area contributed by atoms with Crippen LogP contribution in [0.1, 0.15) is 30.1 Å². The van der Waals surface area contributed by atoms with Gasteiger partial charge in [-0.25, -0.2) is 4.98 Å². The van der Waals surface area contributed by atoms with Gasteiger partial charge in [-0.2, -0.15) is 18.3 Å². The molecule has 2 aromatic heterocycles. The second kappa shape index (κ2) is 6.26. The number of carbonyl (C=O) groups is 1. The number of rotatable bonds is 4. The molecule has 142 valence electrons. The van der Waals surface area contributed by atoms with Crippen LogP contribution in [0.5, 0.6) is 0 Å². The van der Waals surface area contributed by atoms with Crippen molar-refractivity contribution < 1.29 is 18.0 Å². The first-order valence-electron chi connectivity index (χ1n) is 8.30. The smallest absolute Gasteiger partial charge is 0.313 e. The molecular formula is C17H15ClF3N5O. The molecule has 2 heterocycles. The van der Waals surface area contributed by atoms with Gasteiger partial charge in [-0.1, -0.05) is 23.7 Å². The Morgan fingerprint density at radius 2 is 2.04 bits per heavy atom. The fourth-order valence-electron chi connectivity index (χ4n) is 3.06. The van der Waals surface area contributed by atoms with Gasteiger partial charge in [0, 0.05) is 13.0 Å². The van der Waals surface area contributed by atoms with Crippen LogP contribution in [0, 0.1) is 0 Å². The summed E-state index contributed by atoms with van der Waals surface area (Å²) in [6, 6.07) is 7.33. The number of nitrogens with zero attached hydrogens (tertiary/aromatic N) is 4. The van der Waals surface area contributed by atoms with E-state index in [-0.39, 0.29) is 18.2 Å². The Kier molecular flexibility index (Phi) is 4.14. The lowest BCUT2D eigenvalue weighted by atomic mass is 10.2. The van der Waals surface area contributed by atoms with Crippen molar-refractivity contribution in [3.8, 4) is 0 Å². The highest BCUT2D eigenvalue weighted by molar-refractivity contribution is 6.32. The number of nitrogens with one attached hydrogen (secondary N) is 1. The van der Waals surface area contributed by atoms with Gasteiger partial charge in [0.1, 0.15) is 6.54 Å². The number of fused-ring (bicyclic) bond motifs is 1. The van der Waals surface area contributed by atoms with Crippen LogP contribution in [0.25, 0.3) is 11.0 Å². The Morgan fingerprint density at radius 1 is 1.33 bits per heavy atom. The SMILES string of the molecule is Cn1c(NC(=O)Cn2nc(C(F)(F)F)c(Cl)c2C2CC2)nc2ccccc21. The van der Waals surface area contributed by atoms with E-state index in [1.165, 1.54) is 0 Å². The summed E-state index contributed by atoms with van der Waals surface area (Å²) in [7, 11) is 1.74. The van der Waals surface area contributed by atoms with Crippen molar-refractivity contribution in [2.75, 3.05) is 5.32 Å². The summed E-state index contributed by atoms with van der Waals surface area (Å²) in [6.07, 6.45) is -3.20. The fourth-order valence-corrected chi connectivity index (χ4v) is 3.46. The maximum atomic E-state index is 13.1. The quantitative estimate of drug-likeness (QED) is 0.724. The third kappa shape index (κ3) is 3.27. The number of alkyl halides is 3. The van der Waals surface area contributed by atoms with E-state index < -0.39 is 22.8 Å². The first kappa shape index (κ1) is 17.8. The number of aromatic nitrogens is 4. The van der Waals surface area contributed by atoms with Gasteiger partial charge in [-0.15, -0.1) is 0 Å². The lowest BCUT2D eigenvalue weighted by Crippen LogP contribution is -2.22. The second-order valence-electron chi connectivity index (χ2n) is 6.51. The molecule has 1 aliphatic carbocycles. The van der Waals surface area contributed by atoms with Crippen molar-refractivity contribution in [2.45, 2.75) is 31.5 Å². The number of para-hydroxylation sites is 2. The molecule has 27 heavy (non-hydrogen) atoms. The predicted octanol–water partition coefficient (Wildman–Crippen LogP) is 3.96. The number of hydrogen-bond acceptors (Lipinski definition) is 3. The zero-order chi connectivity index (χ0) is 19.3. The lowest BCUT2D eigenvalue weighted by molar-refractivity contribution is -0.141. The molecule has 0 bridgehead atoms. The van der Waals surface area contributed by atoms with Gasteiger partial charge in [0.2, 0.25) is 11.9 Å². The molecule has 0 atom stereocenters. The number of anilines is 1. The van der Waals surface area contributed by atoms with Gasteiger partial charge in [0.25, 0.3) is 0 Å². The third-order valence-electron chi connectivity index (χ3n) is 4.50. The van der Waals surface area contributed by atoms with Gasteiger partial charge in [-0.3, -0.25) is 14.8 Å². The Balaban J connectivity index is 1.60. The van der Waals surface area contributed by atoms with E-state index in [0.717, 1.165) is 23.0 Å². The topological polar surface area (TPSA) is 64.7 Å². The molecule has 6 nitrogen and oxygen atoms in total. The van der Waals surface area contributed by atoms with Crippen LogP contribution in [0.4, 0.5) is 19.1 Å². The summed E-state index contributed by atoms with van der Waals surface area (Å²) >= 11 is 5.92. The van der Waals surface area contributed by atoms with Crippen molar-refractivity contribution in [1.29, 1.82) is 0 Å². The van der Waals surface area contributed by atoms with Crippen molar-refractivity contribution in [2.24, 2.45) is 7.05 Å². The molecule has 3 aromatic rings. The monoisotopic (exact) mass is 397 g/mol. The minimum Gasteiger partial charge on any atom is -0.313 e. The first-order valence-corrected chi connectivity index (χ1v) is 8.68. The molecule has 1 aliphatic rings. The minimum atomic E-state index is -4.67. The zero-order valence-electron chi connectivity index (χ0n) is 14.2. The van der Waals surface area contributed by atoms with E-state index in [4.69, 9.17) is 11.6 Å². The normalized spacial score (nSPS) is 14.7. The van der Waals surface area contributed by atoms with E-state index in [1.54, 1.807) is 17.7 Å². The third-order valence-corrected chi connectivity index (χ3v) is 4.87. The summed E-state index contributed by atoms with van der Waals surface area (Å²) in [6.45, 7) is -0.370. The van der Waals surface area contributed by atoms with E-state index in [9.17, 15) is 18.0 Å². The molecule has 1 amide bonds. The lowest BCUT2D eigenvalue weighted by Gasteiger charge is -2.08. The van der Waals surface area contributed by atoms with Crippen molar-refractivity contribution in [1.82, 2.24) is 19.3 Å². The molecular weight excluding hydrogens is 383 g/mol. The highest BCUT2D eigenvalue weighted by Gasteiger charge is 2.42. The number of imidazole rings is 1. The van der Waals surface area contributed by atoms with Crippen LogP contribution in [0.3, 0.4) is 0 Å². The number of carbonyl (C=O) groups excluding carboxylic acids is 1. The number of halogens is 4. The van der Waals surface area contributed by atoms with E-state index in [1.807, 2.05) is 18.2 Å². The highest BCUT2D eigenvalue weighted by Crippen LogP contribution is 2.46. The van der Waals surface area contributed by atoms with Crippen LogP contribution in [0.15, 0.2) is 24.3 Å². The van der Waals surface area contributed by atoms with Crippen LogP contribution in [0.2, 0.25) is 5.02 Å². The predicted molar refractivity (Wildman–Crippen MR) is 93.6 cm³/mol. The summed E-state index contributed by atoms with van der Waals surface area (Å²) in [5.74, 6) is -0.309. The Bertz CT molecular complexity index is 1040. The number of hydrogen-bond donors (Lipinski definition) is 1. The van der Waals surface area contributed by atoms with Gasteiger partial charge >= 0.3 is 6.18 Å². The molecule has 0 unspecified atom stereocenters.